The maximum atomic E-state index is 10.6. The Morgan fingerprint density at radius 3 is 2.73 bits per heavy atom. The summed E-state index contributed by atoms with van der Waals surface area (Å²) in [6, 6.07) is 10.4. The summed E-state index contributed by atoms with van der Waals surface area (Å²) in [5.41, 5.74) is 1.87. The second kappa shape index (κ2) is 3.92. The van der Waals surface area contributed by atoms with Crippen molar-refractivity contribution in [3.8, 4) is 17.0 Å². The maximum Gasteiger partial charge on any atom is 0.153 e. The van der Waals surface area contributed by atoms with Crippen molar-refractivity contribution in [1.29, 1.82) is 0 Å². The molecule has 0 aliphatic rings. The van der Waals surface area contributed by atoms with E-state index >= 15 is 0 Å². The van der Waals surface area contributed by atoms with Crippen molar-refractivity contribution in [3.63, 3.8) is 0 Å². The van der Waals surface area contributed by atoms with Crippen molar-refractivity contribution in [2.45, 2.75) is 0 Å². The van der Waals surface area contributed by atoms with Gasteiger partial charge in [0.05, 0.1) is 11.3 Å². The zero-order valence-electron chi connectivity index (χ0n) is 7.92. The Labute approximate surface area is 87.0 Å². The lowest BCUT2D eigenvalue weighted by Crippen LogP contribution is -1.86. The summed E-state index contributed by atoms with van der Waals surface area (Å²) >= 11 is 0. The van der Waals surface area contributed by atoms with Gasteiger partial charge >= 0.3 is 0 Å². The lowest BCUT2D eigenvalue weighted by molar-refractivity contribution is 0.112. The smallest absolute Gasteiger partial charge is 0.153 e. The summed E-state index contributed by atoms with van der Waals surface area (Å²) in [5, 5.41) is 9.33. The Kier molecular flexibility index (Phi) is 2.46. The minimum absolute atomic E-state index is 0.00955. The Hall–Kier alpha value is -2.16. The van der Waals surface area contributed by atoms with Gasteiger partial charge in [-0.2, -0.15) is 0 Å². The summed E-state index contributed by atoms with van der Waals surface area (Å²) in [5.74, 6) is -0.00955. The number of aromatic nitrogens is 1. The van der Waals surface area contributed by atoms with Gasteiger partial charge in [0.15, 0.2) is 6.29 Å². The van der Waals surface area contributed by atoms with Gasteiger partial charge in [0.25, 0.3) is 0 Å². The van der Waals surface area contributed by atoms with Gasteiger partial charge in [-0.15, -0.1) is 0 Å². The molecule has 0 atom stereocenters. The molecule has 0 saturated carbocycles. The van der Waals surface area contributed by atoms with Crippen molar-refractivity contribution in [1.82, 2.24) is 4.98 Å². The minimum atomic E-state index is -0.00955. The highest BCUT2D eigenvalue weighted by molar-refractivity contribution is 5.82. The number of phenols is 1. The highest BCUT2D eigenvalue weighted by Gasteiger charge is 2.03. The molecule has 2 aromatic rings. The van der Waals surface area contributed by atoms with E-state index in [1.54, 1.807) is 18.3 Å². The van der Waals surface area contributed by atoms with E-state index in [4.69, 9.17) is 0 Å². The molecule has 1 aromatic carbocycles. The van der Waals surface area contributed by atoms with Crippen LogP contribution in [0.2, 0.25) is 0 Å². The van der Waals surface area contributed by atoms with E-state index < -0.39 is 0 Å². The first-order valence-electron chi connectivity index (χ1n) is 4.51. The fraction of sp³-hybridized carbons (Fsp3) is 0. The van der Waals surface area contributed by atoms with Gasteiger partial charge in [0.2, 0.25) is 0 Å². The SMILES string of the molecule is O=Cc1cc(-c2ccccn2)ccc1O. The molecule has 0 amide bonds. The largest absolute Gasteiger partial charge is 0.507 e. The average Bonchev–Trinajstić information content (AvgIpc) is 2.31. The van der Waals surface area contributed by atoms with Crippen molar-refractivity contribution in [2.75, 3.05) is 0 Å². The van der Waals surface area contributed by atoms with E-state index in [0.717, 1.165) is 11.3 Å². The van der Waals surface area contributed by atoms with E-state index in [-0.39, 0.29) is 11.3 Å². The Bertz CT molecular complexity index is 480. The highest BCUT2D eigenvalue weighted by Crippen LogP contribution is 2.23. The van der Waals surface area contributed by atoms with Crippen LogP contribution in [-0.2, 0) is 0 Å². The van der Waals surface area contributed by atoms with Crippen LogP contribution in [0.15, 0.2) is 42.6 Å². The van der Waals surface area contributed by atoms with E-state index in [1.807, 2.05) is 18.2 Å². The average molecular weight is 199 g/mol. The van der Waals surface area contributed by atoms with Crippen LogP contribution in [0.25, 0.3) is 11.3 Å². The van der Waals surface area contributed by atoms with Crippen molar-refractivity contribution >= 4 is 6.29 Å². The van der Waals surface area contributed by atoms with Crippen LogP contribution in [0.1, 0.15) is 10.4 Å². The molecule has 1 heterocycles. The van der Waals surface area contributed by atoms with Crippen molar-refractivity contribution < 1.29 is 9.90 Å². The van der Waals surface area contributed by atoms with Gasteiger partial charge in [-0.3, -0.25) is 9.78 Å². The van der Waals surface area contributed by atoms with E-state index in [9.17, 15) is 9.90 Å². The van der Waals surface area contributed by atoms with Gasteiger partial charge in [0, 0.05) is 11.8 Å². The van der Waals surface area contributed by atoms with Crippen LogP contribution in [-0.4, -0.2) is 16.4 Å². The number of carbonyl (C=O) groups excluding carboxylic acids is 1. The lowest BCUT2D eigenvalue weighted by atomic mass is 10.1. The van der Waals surface area contributed by atoms with Crippen molar-refractivity contribution in [2.24, 2.45) is 0 Å². The highest BCUT2D eigenvalue weighted by atomic mass is 16.3. The molecule has 0 unspecified atom stereocenters. The standard InChI is InChI=1S/C12H9NO2/c14-8-10-7-9(4-5-12(10)15)11-3-1-2-6-13-11/h1-8,15H. The van der Waals surface area contributed by atoms with Crippen LogP contribution >= 0.6 is 0 Å². The predicted molar refractivity (Wildman–Crippen MR) is 56.7 cm³/mol. The number of rotatable bonds is 2. The molecule has 3 heteroatoms. The first-order valence-corrected chi connectivity index (χ1v) is 4.51. The van der Waals surface area contributed by atoms with E-state index in [1.165, 1.54) is 6.07 Å². The fourth-order valence-electron chi connectivity index (χ4n) is 1.34. The fourth-order valence-corrected chi connectivity index (χ4v) is 1.34. The summed E-state index contributed by atoms with van der Waals surface area (Å²) in [6.07, 6.45) is 2.31. The molecule has 0 aliphatic heterocycles. The molecule has 1 aromatic heterocycles. The summed E-state index contributed by atoms with van der Waals surface area (Å²) < 4.78 is 0. The zero-order chi connectivity index (χ0) is 10.7. The third-order valence-electron chi connectivity index (χ3n) is 2.12. The van der Waals surface area contributed by atoms with Gasteiger partial charge in [-0.1, -0.05) is 6.07 Å². The van der Waals surface area contributed by atoms with Crippen LogP contribution in [0.3, 0.4) is 0 Å². The topological polar surface area (TPSA) is 50.2 Å². The molecular formula is C12H9NO2. The summed E-state index contributed by atoms with van der Waals surface area (Å²) in [6.45, 7) is 0. The zero-order valence-corrected chi connectivity index (χ0v) is 7.92. The van der Waals surface area contributed by atoms with Gasteiger partial charge < -0.3 is 5.11 Å². The Morgan fingerprint density at radius 2 is 2.07 bits per heavy atom. The molecule has 74 valence electrons. The molecule has 2 rings (SSSR count). The summed E-state index contributed by atoms with van der Waals surface area (Å²) in [7, 11) is 0. The number of benzene rings is 1. The molecule has 1 N–H and O–H groups in total. The first kappa shape index (κ1) is 9.40. The van der Waals surface area contributed by atoms with Gasteiger partial charge in [0.1, 0.15) is 5.75 Å². The second-order valence-electron chi connectivity index (χ2n) is 3.11. The molecule has 0 aliphatic carbocycles. The third-order valence-corrected chi connectivity index (χ3v) is 2.12. The lowest BCUT2D eigenvalue weighted by Gasteiger charge is -2.02. The maximum absolute atomic E-state index is 10.6. The van der Waals surface area contributed by atoms with Crippen LogP contribution < -0.4 is 0 Å². The molecule has 0 spiro atoms. The van der Waals surface area contributed by atoms with E-state index in [0.29, 0.717) is 6.29 Å². The Morgan fingerprint density at radius 1 is 1.20 bits per heavy atom. The number of pyridine rings is 1. The number of aromatic hydroxyl groups is 1. The van der Waals surface area contributed by atoms with Crippen molar-refractivity contribution in [3.05, 3.63) is 48.2 Å². The first-order chi connectivity index (χ1) is 7.31. The molecular weight excluding hydrogens is 190 g/mol. The van der Waals surface area contributed by atoms with Crippen LogP contribution in [0.4, 0.5) is 0 Å². The molecule has 15 heavy (non-hydrogen) atoms. The van der Waals surface area contributed by atoms with E-state index in [2.05, 4.69) is 4.98 Å². The molecule has 0 bridgehead atoms. The van der Waals surface area contributed by atoms with Crippen LogP contribution in [0.5, 0.6) is 5.75 Å². The monoisotopic (exact) mass is 199 g/mol. The minimum Gasteiger partial charge on any atom is -0.507 e. The quantitative estimate of drug-likeness (QED) is 0.755. The summed E-state index contributed by atoms with van der Waals surface area (Å²) in [4.78, 5) is 14.8. The number of hydrogen-bond donors (Lipinski definition) is 1. The van der Waals surface area contributed by atoms with Gasteiger partial charge in [-0.25, -0.2) is 0 Å². The molecule has 3 nitrogen and oxygen atoms in total. The normalized spacial score (nSPS) is 9.87. The predicted octanol–water partition coefficient (Wildman–Crippen LogP) is 2.27. The molecule has 0 radical (unpaired) electrons. The third kappa shape index (κ3) is 1.86. The number of nitrogens with zero attached hydrogens (tertiary/aromatic N) is 1. The number of hydrogen-bond acceptors (Lipinski definition) is 3. The number of phenolic OH excluding ortho intramolecular Hbond substituents is 1. The number of carbonyl (C=O) groups is 1. The second-order valence-corrected chi connectivity index (χ2v) is 3.11. The van der Waals surface area contributed by atoms with Gasteiger partial charge in [-0.05, 0) is 30.3 Å². The molecule has 0 fully saturated rings. The number of aldehydes is 1. The Balaban J connectivity index is 2.51. The molecule has 0 saturated heterocycles. The van der Waals surface area contributed by atoms with Crippen LogP contribution in [0, 0.1) is 0 Å².